The number of hydrogen-bond donors (Lipinski definition) is 2. The highest BCUT2D eigenvalue weighted by molar-refractivity contribution is 5.92. The van der Waals surface area contributed by atoms with Crippen molar-refractivity contribution in [3.8, 4) is 5.75 Å². The second-order valence-electron chi connectivity index (χ2n) is 5.64. The van der Waals surface area contributed by atoms with E-state index in [1.54, 1.807) is 7.11 Å². The van der Waals surface area contributed by atoms with Crippen molar-refractivity contribution in [1.82, 2.24) is 0 Å². The summed E-state index contributed by atoms with van der Waals surface area (Å²) in [6, 6.07) is 14.1. The van der Waals surface area contributed by atoms with Gasteiger partial charge in [-0.3, -0.25) is 0 Å². The minimum atomic E-state index is 0.377. The Balaban J connectivity index is 2.02. The number of benzene rings is 2. The zero-order chi connectivity index (χ0) is 17.4. The van der Waals surface area contributed by atoms with Crippen LogP contribution in [0.5, 0.6) is 5.75 Å². The molecule has 0 fully saturated rings. The Kier molecular flexibility index (Phi) is 6.63. The molecule has 2 aromatic rings. The maximum absolute atomic E-state index is 5.97. The normalized spacial score (nSPS) is 11.4. The van der Waals surface area contributed by atoms with Gasteiger partial charge in [-0.25, -0.2) is 4.99 Å². The Hall–Kier alpha value is -2.53. The van der Waals surface area contributed by atoms with Crippen molar-refractivity contribution in [2.75, 3.05) is 25.6 Å². The number of aryl methyl sites for hydroxylation is 2. The van der Waals surface area contributed by atoms with Gasteiger partial charge in [0.05, 0.1) is 13.2 Å². The number of nitrogens with two attached hydrogens (primary N) is 1. The molecule has 0 spiro atoms. The SMILES string of the molecule is COCCOc1cc(C)ccc1CN=C(N)Nc1ccc(C)cc1. The van der Waals surface area contributed by atoms with Gasteiger partial charge < -0.3 is 20.5 Å². The van der Waals surface area contributed by atoms with E-state index >= 15 is 0 Å². The highest BCUT2D eigenvalue weighted by atomic mass is 16.5. The zero-order valence-electron chi connectivity index (χ0n) is 14.5. The first-order chi connectivity index (χ1) is 11.6. The van der Waals surface area contributed by atoms with Crippen molar-refractivity contribution >= 4 is 11.6 Å². The van der Waals surface area contributed by atoms with Gasteiger partial charge in [-0.1, -0.05) is 29.8 Å². The molecule has 0 radical (unpaired) electrons. The summed E-state index contributed by atoms with van der Waals surface area (Å²) >= 11 is 0. The number of hydrogen-bond acceptors (Lipinski definition) is 3. The van der Waals surface area contributed by atoms with E-state index in [0.29, 0.717) is 25.7 Å². The van der Waals surface area contributed by atoms with E-state index in [-0.39, 0.29) is 0 Å². The molecule has 2 rings (SSSR count). The van der Waals surface area contributed by atoms with Gasteiger partial charge in [0.15, 0.2) is 5.96 Å². The van der Waals surface area contributed by atoms with Crippen LogP contribution in [0.2, 0.25) is 0 Å². The van der Waals surface area contributed by atoms with E-state index in [2.05, 4.69) is 10.3 Å². The predicted molar refractivity (Wildman–Crippen MR) is 98.7 cm³/mol. The largest absolute Gasteiger partial charge is 0.491 e. The standard InChI is InChI=1S/C19H25N3O2/c1-14-5-8-17(9-6-14)22-19(20)21-13-16-7-4-15(2)12-18(16)24-11-10-23-3/h4-9,12H,10-11,13H2,1-3H3,(H3,20,21,22). The number of nitrogens with one attached hydrogen (secondary N) is 1. The summed E-state index contributed by atoms with van der Waals surface area (Å²) in [4.78, 5) is 4.40. The minimum absolute atomic E-state index is 0.377. The molecule has 0 aliphatic heterocycles. The van der Waals surface area contributed by atoms with E-state index in [1.807, 2.05) is 56.3 Å². The van der Waals surface area contributed by atoms with E-state index in [4.69, 9.17) is 15.2 Å². The maximum Gasteiger partial charge on any atom is 0.193 e. The molecule has 0 aromatic heterocycles. The fourth-order valence-corrected chi connectivity index (χ4v) is 2.16. The second-order valence-corrected chi connectivity index (χ2v) is 5.64. The van der Waals surface area contributed by atoms with Crippen LogP contribution in [-0.4, -0.2) is 26.3 Å². The average Bonchev–Trinajstić information content (AvgIpc) is 2.56. The van der Waals surface area contributed by atoms with Gasteiger partial charge in [-0.2, -0.15) is 0 Å². The number of rotatable bonds is 7. The number of guanidine groups is 1. The topological polar surface area (TPSA) is 68.9 Å². The molecule has 0 saturated carbocycles. The van der Waals surface area contributed by atoms with E-state index in [0.717, 1.165) is 22.6 Å². The third-order valence-corrected chi connectivity index (χ3v) is 3.51. The lowest BCUT2D eigenvalue weighted by atomic mass is 10.1. The molecule has 0 aliphatic rings. The second kappa shape index (κ2) is 8.93. The first-order valence-corrected chi connectivity index (χ1v) is 7.93. The molecule has 0 aliphatic carbocycles. The quantitative estimate of drug-likeness (QED) is 0.465. The van der Waals surface area contributed by atoms with Gasteiger partial charge in [-0.15, -0.1) is 0 Å². The van der Waals surface area contributed by atoms with Crippen LogP contribution in [0.15, 0.2) is 47.5 Å². The highest BCUT2D eigenvalue weighted by Gasteiger charge is 2.04. The molecule has 24 heavy (non-hydrogen) atoms. The summed E-state index contributed by atoms with van der Waals surface area (Å²) in [5, 5.41) is 3.09. The van der Waals surface area contributed by atoms with Gasteiger partial charge in [-0.05, 0) is 37.6 Å². The predicted octanol–water partition coefficient (Wildman–Crippen LogP) is 3.26. The monoisotopic (exact) mass is 327 g/mol. The molecular formula is C19H25N3O2. The van der Waals surface area contributed by atoms with Crippen molar-refractivity contribution in [2.24, 2.45) is 10.7 Å². The lowest BCUT2D eigenvalue weighted by Crippen LogP contribution is -2.22. The van der Waals surface area contributed by atoms with Crippen molar-refractivity contribution in [2.45, 2.75) is 20.4 Å². The third kappa shape index (κ3) is 5.59. The number of methoxy groups -OCH3 is 1. The van der Waals surface area contributed by atoms with Gasteiger partial charge in [0.25, 0.3) is 0 Å². The van der Waals surface area contributed by atoms with Gasteiger partial charge in [0.2, 0.25) is 0 Å². The summed E-state index contributed by atoms with van der Waals surface area (Å²) in [5.41, 5.74) is 10.2. The summed E-state index contributed by atoms with van der Waals surface area (Å²) in [6.45, 7) is 5.59. The molecule has 0 heterocycles. The molecule has 0 saturated heterocycles. The molecule has 0 atom stereocenters. The molecule has 0 unspecified atom stereocenters. The van der Waals surface area contributed by atoms with Crippen LogP contribution in [-0.2, 0) is 11.3 Å². The number of anilines is 1. The highest BCUT2D eigenvalue weighted by Crippen LogP contribution is 2.21. The van der Waals surface area contributed by atoms with Gasteiger partial charge >= 0.3 is 0 Å². The molecule has 0 bridgehead atoms. The molecular weight excluding hydrogens is 302 g/mol. The van der Waals surface area contributed by atoms with Gasteiger partial charge in [0, 0.05) is 18.4 Å². The number of aliphatic imine (C=N–C) groups is 1. The lowest BCUT2D eigenvalue weighted by Gasteiger charge is -2.11. The zero-order valence-corrected chi connectivity index (χ0v) is 14.5. The summed E-state index contributed by atoms with van der Waals surface area (Å²) in [5.74, 6) is 1.20. The van der Waals surface area contributed by atoms with Crippen LogP contribution in [0.25, 0.3) is 0 Å². The molecule has 5 heteroatoms. The van der Waals surface area contributed by atoms with Crippen molar-refractivity contribution < 1.29 is 9.47 Å². The summed E-state index contributed by atoms with van der Waals surface area (Å²) in [7, 11) is 1.66. The van der Waals surface area contributed by atoms with Gasteiger partial charge in [0.1, 0.15) is 12.4 Å². The third-order valence-electron chi connectivity index (χ3n) is 3.51. The fraction of sp³-hybridized carbons (Fsp3) is 0.316. The number of nitrogens with zero attached hydrogens (tertiary/aromatic N) is 1. The average molecular weight is 327 g/mol. The van der Waals surface area contributed by atoms with Crippen LogP contribution >= 0.6 is 0 Å². The van der Waals surface area contributed by atoms with E-state index in [9.17, 15) is 0 Å². The smallest absolute Gasteiger partial charge is 0.193 e. The molecule has 128 valence electrons. The first-order valence-electron chi connectivity index (χ1n) is 7.93. The Morgan fingerprint density at radius 3 is 2.46 bits per heavy atom. The van der Waals surface area contributed by atoms with Crippen molar-refractivity contribution in [3.63, 3.8) is 0 Å². The molecule has 0 amide bonds. The van der Waals surface area contributed by atoms with E-state index < -0.39 is 0 Å². The lowest BCUT2D eigenvalue weighted by molar-refractivity contribution is 0.146. The Morgan fingerprint density at radius 2 is 1.75 bits per heavy atom. The van der Waals surface area contributed by atoms with Crippen LogP contribution < -0.4 is 15.8 Å². The maximum atomic E-state index is 5.97. The van der Waals surface area contributed by atoms with Crippen LogP contribution in [0, 0.1) is 13.8 Å². The van der Waals surface area contributed by atoms with Crippen LogP contribution in [0.1, 0.15) is 16.7 Å². The van der Waals surface area contributed by atoms with Crippen LogP contribution in [0.3, 0.4) is 0 Å². The van der Waals surface area contributed by atoms with Crippen molar-refractivity contribution in [3.05, 3.63) is 59.2 Å². The fourth-order valence-electron chi connectivity index (χ4n) is 2.16. The Morgan fingerprint density at radius 1 is 1.04 bits per heavy atom. The Labute approximate surface area is 143 Å². The Bertz CT molecular complexity index is 682. The van der Waals surface area contributed by atoms with Crippen LogP contribution in [0.4, 0.5) is 5.69 Å². The number of ether oxygens (including phenoxy) is 2. The molecule has 5 nitrogen and oxygen atoms in total. The molecule has 2 aromatic carbocycles. The minimum Gasteiger partial charge on any atom is -0.491 e. The first kappa shape index (κ1) is 17.8. The van der Waals surface area contributed by atoms with E-state index in [1.165, 1.54) is 5.56 Å². The summed E-state index contributed by atoms with van der Waals surface area (Å²) < 4.78 is 10.8. The van der Waals surface area contributed by atoms with Crippen molar-refractivity contribution in [1.29, 1.82) is 0 Å². The molecule has 3 N–H and O–H groups in total. The summed E-state index contributed by atoms with van der Waals surface area (Å²) in [6.07, 6.45) is 0.